The Hall–Kier alpha value is -0.710. The van der Waals surface area contributed by atoms with E-state index in [0.29, 0.717) is 17.1 Å². The third-order valence-corrected chi connectivity index (χ3v) is 4.58. The van der Waals surface area contributed by atoms with E-state index in [1.165, 1.54) is 0 Å². The number of hydrogen-bond acceptors (Lipinski definition) is 3. The summed E-state index contributed by atoms with van der Waals surface area (Å²) in [7, 11) is 0. The molecule has 1 fully saturated rings. The molecule has 0 spiro atoms. The van der Waals surface area contributed by atoms with Gasteiger partial charge in [0.05, 0.1) is 17.2 Å². The molecule has 1 aliphatic rings. The minimum atomic E-state index is -0.0698. The Morgan fingerprint density at radius 1 is 1.53 bits per heavy atom. The van der Waals surface area contributed by atoms with Gasteiger partial charge in [-0.1, -0.05) is 11.6 Å². The molecule has 104 valence electrons. The van der Waals surface area contributed by atoms with Crippen LogP contribution < -0.4 is 0 Å². The number of amides is 1. The first-order valence-corrected chi connectivity index (χ1v) is 8.03. The Bertz CT molecular complexity index is 463. The van der Waals surface area contributed by atoms with Crippen molar-refractivity contribution in [2.45, 2.75) is 30.2 Å². The Balaban J connectivity index is 2.24. The molecule has 0 radical (unpaired) electrons. The molecule has 0 aliphatic heterocycles. The van der Waals surface area contributed by atoms with Crippen LogP contribution in [0, 0.1) is 0 Å². The van der Waals surface area contributed by atoms with Gasteiger partial charge in [0.2, 0.25) is 0 Å². The highest BCUT2D eigenvalue weighted by Gasteiger charge is 2.29. The molecule has 0 atom stereocenters. The number of aliphatic hydroxyl groups is 1. The number of thioether (sulfide) groups is 1. The molecule has 1 aromatic carbocycles. The number of aliphatic hydroxyl groups excluding tert-OH is 1. The highest BCUT2D eigenvalue weighted by molar-refractivity contribution is 7.98. The van der Waals surface area contributed by atoms with E-state index in [4.69, 9.17) is 16.7 Å². The van der Waals surface area contributed by atoms with Crippen molar-refractivity contribution in [1.29, 1.82) is 0 Å². The number of halogens is 1. The lowest BCUT2D eigenvalue weighted by atomic mass is 9.91. The number of nitrogens with zero attached hydrogens (tertiary/aromatic N) is 1. The first-order chi connectivity index (χ1) is 9.17. The molecule has 1 saturated carbocycles. The zero-order valence-corrected chi connectivity index (χ0v) is 12.5. The molecular formula is C14H18ClNO2S. The maximum absolute atomic E-state index is 12.6. The Morgan fingerprint density at radius 2 is 2.26 bits per heavy atom. The summed E-state index contributed by atoms with van der Waals surface area (Å²) in [5.74, 6) is -0.0698. The first kappa shape index (κ1) is 14.7. The van der Waals surface area contributed by atoms with Crippen molar-refractivity contribution in [1.82, 2.24) is 4.90 Å². The van der Waals surface area contributed by atoms with E-state index < -0.39 is 0 Å². The van der Waals surface area contributed by atoms with E-state index in [-0.39, 0.29) is 18.6 Å². The van der Waals surface area contributed by atoms with Crippen molar-refractivity contribution >= 4 is 29.3 Å². The van der Waals surface area contributed by atoms with Crippen molar-refractivity contribution in [3.63, 3.8) is 0 Å². The van der Waals surface area contributed by atoms with E-state index >= 15 is 0 Å². The quantitative estimate of drug-likeness (QED) is 0.850. The van der Waals surface area contributed by atoms with Gasteiger partial charge >= 0.3 is 0 Å². The largest absolute Gasteiger partial charge is 0.395 e. The van der Waals surface area contributed by atoms with Crippen LogP contribution in [0.15, 0.2) is 23.1 Å². The van der Waals surface area contributed by atoms with E-state index in [2.05, 4.69) is 0 Å². The fraction of sp³-hybridized carbons (Fsp3) is 0.500. The van der Waals surface area contributed by atoms with Crippen LogP contribution in [-0.2, 0) is 0 Å². The van der Waals surface area contributed by atoms with Crippen molar-refractivity contribution < 1.29 is 9.90 Å². The SMILES string of the molecule is CSc1ccc(Cl)c(C(=O)N(CCO)C2CCC2)c1. The lowest BCUT2D eigenvalue weighted by Gasteiger charge is -2.37. The summed E-state index contributed by atoms with van der Waals surface area (Å²) >= 11 is 7.72. The van der Waals surface area contributed by atoms with Crippen molar-refractivity contribution in [3.05, 3.63) is 28.8 Å². The molecule has 2 rings (SSSR count). The van der Waals surface area contributed by atoms with Crippen LogP contribution in [0.3, 0.4) is 0 Å². The number of rotatable bonds is 5. The van der Waals surface area contributed by atoms with Crippen LogP contribution in [-0.4, -0.2) is 41.4 Å². The van der Waals surface area contributed by atoms with Gasteiger partial charge in [-0.25, -0.2) is 0 Å². The highest BCUT2D eigenvalue weighted by Crippen LogP contribution is 2.29. The maximum Gasteiger partial charge on any atom is 0.255 e. The van der Waals surface area contributed by atoms with Crippen LogP contribution in [0.2, 0.25) is 5.02 Å². The summed E-state index contributed by atoms with van der Waals surface area (Å²) in [6.07, 6.45) is 5.16. The smallest absolute Gasteiger partial charge is 0.255 e. The summed E-state index contributed by atoms with van der Waals surface area (Å²) in [4.78, 5) is 15.4. The summed E-state index contributed by atoms with van der Waals surface area (Å²) < 4.78 is 0. The third kappa shape index (κ3) is 3.25. The zero-order chi connectivity index (χ0) is 13.8. The van der Waals surface area contributed by atoms with E-state index in [1.54, 1.807) is 22.7 Å². The van der Waals surface area contributed by atoms with Crippen LogP contribution in [0.1, 0.15) is 29.6 Å². The summed E-state index contributed by atoms with van der Waals surface area (Å²) in [5.41, 5.74) is 0.536. The number of carbonyl (C=O) groups excluding carboxylic acids is 1. The zero-order valence-electron chi connectivity index (χ0n) is 10.9. The summed E-state index contributed by atoms with van der Waals surface area (Å²) in [6, 6.07) is 5.76. The first-order valence-electron chi connectivity index (χ1n) is 6.42. The van der Waals surface area contributed by atoms with Gasteiger partial charge in [-0.3, -0.25) is 4.79 Å². The standard InChI is InChI=1S/C14H18ClNO2S/c1-19-11-5-6-13(15)12(9-11)14(18)16(7-8-17)10-3-2-4-10/h5-6,9-10,17H,2-4,7-8H2,1H3. The predicted molar refractivity (Wildman–Crippen MR) is 79.0 cm³/mol. The van der Waals surface area contributed by atoms with Crippen LogP contribution >= 0.6 is 23.4 Å². The molecule has 0 unspecified atom stereocenters. The molecule has 0 saturated heterocycles. The minimum Gasteiger partial charge on any atom is -0.395 e. The monoisotopic (exact) mass is 299 g/mol. The number of hydrogen-bond donors (Lipinski definition) is 1. The molecule has 1 amide bonds. The molecule has 0 heterocycles. The fourth-order valence-electron chi connectivity index (χ4n) is 2.21. The second kappa shape index (κ2) is 6.64. The van der Waals surface area contributed by atoms with Crippen molar-refractivity contribution in [2.75, 3.05) is 19.4 Å². The van der Waals surface area contributed by atoms with Crippen LogP contribution in [0.5, 0.6) is 0 Å². The molecule has 0 aromatic heterocycles. The van der Waals surface area contributed by atoms with E-state index in [9.17, 15) is 4.79 Å². The molecule has 1 aromatic rings. The van der Waals surface area contributed by atoms with Crippen LogP contribution in [0.4, 0.5) is 0 Å². The second-order valence-electron chi connectivity index (χ2n) is 4.65. The van der Waals surface area contributed by atoms with Gasteiger partial charge in [-0.15, -0.1) is 11.8 Å². The third-order valence-electron chi connectivity index (χ3n) is 3.52. The molecule has 1 aliphatic carbocycles. The fourth-order valence-corrected chi connectivity index (χ4v) is 2.84. The molecule has 3 nitrogen and oxygen atoms in total. The summed E-state index contributed by atoms with van der Waals surface area (Å²) in [6.45, 7) is 0.366. The Kier molecular flexibility index (Phi) is 5.13. The number of benzene rings is 1. The lowest BCUT2D eigenvalue weighted by Crippen LogP contribution is -2.45. The Morgan fingerprint density at radius 3 is 2.79 bits per heavy atom. The van der Waals surface area contributed by atoms with Gasteiger partial charge in [0.25, 0.3) is 5.91 Å². The van der Waals surface area contributed by atoms with Gasteiger partial charge < -0.3 is 10.0 Å². The molecule has 0 bridgehead atoms. The average molecular weight is 300 g/mol. The van der Waals surface area contributed by atoms with E-state index in [1.807, 2.05) is 18.4 Å². The van der Waals surface area contributed by atoms with Gasteiger partial charge in [0.1, 0.15) is 0 Å². The molecule has 1 N–H and O–H groups in total. The van der Waals surface area contributed by atoms with Gasteiger partial charge in [0.15, 0.2) is 0 Å². The average Bonchev–Trinajstić information content (AvgIpc) is 2.36. The van der Waals surface area contributed by atoms with Crippen molar-refractivity contribution in [3.8, 4) is 0 Å². The van der Waals surface area contributed by atoms with Gasteiger partial charge in [-0.05, 0) is 43.7 Å². The van der Waals surface area contributed by atoms with Crippen molar-refractivity contribution in [2.24, 2.45) is 0 Å². The van der Waals surface area contributed by atoms with E-state index in [0.717, 1.165) is 24.2 Å². The topological polar surface area (TPSA) is 40.5 Å². The minimum absolute atomic E-state index is 0.0118. The molecular weight excluding hydrogens is 282 g/mol. The maximum atomic E-state index is 12.6. The normalized spacial score (nSPS) is 15.1. The predicted octanol–water partition coefficient (Wildman–Crippen LogP) is 3.05. The summed E-state index contributed by atoms with van der Waals surface area (Å²) in [5, 5.41) is 9.62. The number of carbonyl (C=O) groups is 1. The van der Waals surface area contributed by atoms with Gasteiger partial charge in [-0.2, -0.15) is 0 Å². The lowest BCUT2D eigenvalue weighted by molar-refractivity contribution is 0.0525. The molecule has 19 heavy (non-hydrogen) atoms. The molecule has 5 heteroatoms. The van der Waals surface area contributed by atoms with Crippen LogP contribution in [0.25, 0.3) is 0 Å². The highest BCUT2D eigenvalue weighted by atomic mass is 35.5. The van der Waals surface area contributed by atoms with Gasteiger partial charge in [0, 0.05) is 17.5 Å². The Labute approximate surface area is 122 Å². The second-order valence-corrected chi connectivity index (χ2v) is 5.94.